The van der Waals surface area contributed by atoms with Gasteiger partial charge in [0.15, 0.2) is 0 Å². The van der Waals surface area contributed by atoms with Crippen molar-refractivity contribution in [2.75, 3.05) is 13.1 Å². The minimum absolute atomic E-state index is 0.0247. The van der Waals surface area contributed by atoms with Crippen molar-refractivity contribution in [1.82, 2.24) is 9.62 Å². The molecule has 1 unspecified atom stereocenters. The molecule has 1 amide bonds. The first kappa shape index (κ1) is 18.8. The Labute approximate surface area is 153 Å². The summed E-state index contributed by atoms with van der Waals surface area (Å²) in [7, 11) is -3.77. The molecule has 26 heavy (non-hydrogen) atoms. The maximum atomic E-state index is 12.8. The number of nitrogens with zero attached hydrogens (tertiary/aromatic N) is 2. The number of piperidine rings is 1. The molecule has 1 aromatic rings. The number of aliphatic hydroxyl groups is 1. The summed E-state index contributed by atoms with van der Waals surface area (Å²) in [5.41, 5.74) is -0.645. The van der Waals surface area contributed by atoms with Crippen LogP contribution in [0.4, 0.5) is 0 Å². The van der Waals surface area contributed by atoms with Gasteiger partial charge in [0.05, 0.1) is 17.1 Å². The SMILES string of the molecule is N#CC1(NC(=O)c2cccc(S(=O)(=O)N3CCCC(O)C3)c2)CCCC1. The number of β-amino-alcohol motifs (C(OH)–C–C–N with tert-alkyl or cyclic N) is 1. The van der Waals surface area contributed by atoms with Gasteiger partial charge < -0.3 is 10.4 Å². The van der Waals surface area contributed by atoms with E-state index in [1.165, 1.54) is 22.5 Å². The number of amides is 1. The van der Waals surface area contributed by atoms with Crippen LogP contribution in [0.3, 0.4) is 0 Å². The van der Waals surface area contributed by atoms with E-state index in [4.69, 9.17) is 0 Å². The lowest BCUT2D eigenvalue weighted by atomic mass is 9.99. The number of hydrogen-bond acceptors (Lipinski definition) is 5. The highest BCUT2D eigenvalue weighted by Crippen LogP contribution is 2.29. The van der Waals surface area contributed by atoms with E-state index in [9.17, 15) is 23.6 Å². The van der Waals surface area contributed by atoms with Crippen molar-refractivity contribution in [3.63, 3.8) is 0 Å². The number of carbonyl (C=O) groups is 1. The van der Waals surface area contributed by atoms with Crippen LogP contribution in [0.5, 0.6) is 0 Å². The number of benzene rings is 1. The molecule has 1 atom stereocenters. The highest BCUT2D eigenvalue weighted by Gasteiger charge is 2.36. The topological polar surface area (TPSA) is 110 Å². The zero-order chi connectivity index (χ0) is 18.8. The van der Waals surface area contributed by atoms with Crippen LogP contribution in [-0.4, -0.2) is 48.5 Å². The van der Waals surface area contributed by atoms with Gasteiger partial charge in [-0.25, -0.2) is 8.42 Å². The lowest BCUT2D eigenvalue weighted by molar-refractivity contribution is 0.0920. The van der Waals surface area contributed by atoms with Gasteiger partial charge >= 0.3 is 0 Å². The smallest absolute Gasteiger partial charge is 0.252 e. The molecule has 3 rings (SSSR count). The molecule has 1 heterocycles. The number of carbonyl (C=O) groups excluding carboxylic acids is 1. The van der Waals surface area contributed by atoms with Crippen molar-refractivity contribution in [3.05, 3.63) is 29.8 Å². The van der Waals surface area contributed by atoms with E-state index in [0.29, 0.717) is 32.2 Å². The number of hydrogen-bond donors (Lipinski definition) is 2. The van der Waals surface area contributed by atoms with E-state index in [1.807, 2.05) is 0 Å². The second-order valence-electron chi connectivity index (χ2n) is 7.04. The first-order chi connectivity index (χ1) is 12.4. The summed E-state index contributed by atoms with van der Waals surface area (Å²) in [6.07, 6.45) is 3.52. The van der Waals surface area contributed by atoms with Gasteiger partial charge in [-0.2, -0.15) is 9.57 Å². The zero-order valence-corrected chi connectivity index (χ0v) is 15.3. The number of rotatable bonds is 4. The first-order valence-corrected chi connectivity index (χ1v) is 10.3. The fourth-order valence-electron chi connectivity index (χ4n) is 3.62. The average Bonchev–Trinajstić information content (AvgIpc) is 3.11. The van der Waals surface area contributed by atoms with Crippen LogP contribution in [0.15, 0.2) is 29.2 Å². The Kier molecular flexibility index (Phi) is 5.32. The molecule has 0 aromatic heterocycles. The molecule has 1 aliphatic heterocycles. The predicted octanol–water partition coefficient (Wildman–Crippen LogP) is 1.40. The van der Waals surface area contributed by atoms with Crippen molar-refractivity contribution in [2.45, 2.75) is 55.1 Å². The predicted molar refractivity (Wildman–Crippen MR) is 94.7 cm³/mol. The second-order valence-corrected chi connectivity index (χ2v) is 8.98. The van der Waals surface area contributed by atoms with Gasteiger partial charge in [0, 0.05) is 18.7 Å². The molecule has 0 radical (unpaired) electrons. The van der Waals surface area contributed by atoms with Crippen molar-refractivity contribution in [2.24, 2.45) is 0 Å². The number of sulfonamides is 1. The van der Waals surface area contributed by atoms with E-state index < -0.39 is 27.6 Å². The molecule has 1 aliphatic carbocycles. The van der Waals surface area contributed by atoms with Crippen molar-refractivity contribution in [3.8, 4) is 6.07 Å². The van der Waals surface area contributed by atoms with Crippen LogP contribution < -0.4 is 5.32 Å². The monoisotopic (exact) mass is 377 g/mol. The number of nitriles is 1. The average molecular weight is 377 g/mol. The lowest BCUT2D eigenvalue weighted by Gasteiger charge is -2.29. The molecule has 140 valence electrons. The standard InChI is InChI=1S/C18H23N3O4S/c19-13-18(8-1-2-9-18)20-17(23)14-5-3-7-16(11-14)26(24,25)21-10-4-6-15(22)12-21/h3,5,7,11,15,22H,1-2,4,6,8-10,12H2,(H,20,23). The summed E-state index contributed by atoms with van der Waals surface area (Å²) in [5, 5.41) is 21.9. The minimum atomic E-state index is -3.77. The Hall–Kier alpha value is -1.95. The Morgan fingerprint density at radius 1 is 1.31 bits per heavy atom. The molecular formula is C18H23N3O4S. The van der Waals surface area contributed by atoms with Crippen LogP contribution in [0.25, 0.3) is 0 Å². The lowest BCUT2D eigenvalue weighted by Crippen LogP contribution is -2.45. The molecule has 2 N–H and O–H groups in total. The Morgan fingerprint density at radius 3 is 2.69 bits per heavy atom. The Morgan fingerprint density at radius 2 is 2.04 bits per heavy atom. The van der Waals surface area contributed by atoms with Crippen molar-refractivity contribution >= 4 is 15.9 Å². The van der Waals surface area contributed by atoms with Crippen LogP contribution >= 0.6 is 0 Å². The van der Waals surface area contributed by atoms with Crippen LogP contribution in [0.1, 0.15) is 48.9 Å². The van der Waals surface area contributed by atoms with E-state index in [2.05, 4.69) is 11.4 Å². The van der Waals surface area contributed by atoms with Gasteiger partial charge in [-0.15, -0.1) is 0 Å². The van der Waals surface area contributed by atoms with E-state index in [-0.39, 0.29) is 17.0 Å². The van der Waals surface area contributed by atoms with E-state index in [0.717, 1.165) is 12.8 Å². The molecule has 2 aliphatic rings. The second kappa shape index (κ2) is 7.35. The highest BCUT2D eigenvalue weighted by molar-refractivity contribution is 7.89. The molecule has 2 fully saturated rings. The maximum Gasteiger partial charge on any atom is 0.252 e. The number of aliphatic hydroxyl groups excluding tert-OH is 1. The molecule has 7 nitrogen and oxygen atoms in total. The number of nitrogens with one attached hydrogen (secondary N) is 1. The highest BCUT2D eigenvalue weighted by atomic mass is 32.2. The van der Waals surface area contributed by atoms with Gasteiger partial charge in [-0.05, 0) is 56.7 Å². The van der Waals surface area contributed by atoms with E-state index in [1.54, 1.807) is 6.07 Å². The summed E-state index contributed by atoms with van der Waals surface area (Å²) >= 11 is 0. The molecule has 0 bridgehead atoms. The van der Waals surface area contributed by atoms with Gasteiger partial charge in [0.1, 0.15) is 5.54 Å². The van der Waals surface area contributed by atoms with Crippen molar-refractivity contribution < 1.29 is 18.3 Å². The van der Waals surface area contributed by atoms with Crippen LogP contribution in [0.2, 0.25) is 0 Å². The fourth-order valence-corrected chi connectivity index (χ4v) is 5.18. The van der Waals surface area contributed by atoms with Gasteiger partial charge in [0.25, 0.3) is 5.91 Å². The summed E-state index contributed by atoms with van der Waals surface area (Å²) in [4.78, 5) is 12.6. The third-order valence-electron chi connectivity index (χ3n) is 5.12. The van der Waals surface area contributed by atoms with E-state index >= 15 is 0 Å². The zero-order valence-electron chi connectivity index (χ0n) is 14.5. The molecule has 0 spiro atoms. The quantitative estimate of drug-likeness (QED) is 0.824. The third-order valence-corrected chi connectivity index (χ3v) is 6.98. The van der Waals surface area contributed by atoms with Gasteiger partial charge in [-0.3, -0.25) is 4.79 Å². The van der Waals surface area contributed by atoms with Crippen LogP contribution in [-0.2, 0) is 10.0 Å². The Bertz CT molecular complexity index is 825. The first-order valence-electron chi connectivity index (χ1n) is 8.88. The fraction of sp³-hybridized carbons (Fsp3) is 0.556. The molecular weight excluding hydrogens is 354 g/mol. The molecule has 8 heteroatoms. The molecule has 1 saturated heterocycles. The minimum Gasteiger partial charge on any atom is -0.392 e. The summed E-state index contributed by atoms with van der Waals surface area (Å²) in [5.74, 6) is -0.441. The van der Waals surface area contributed by atoms with Gasteiger partial charge in [0.2, 0.25) is 10.0 Å². The molecule has 1 saturated carbocycles. The van der Waals surface area contributed by atoms with Crippen LogP contribution in [0, 0.1) is 11.3 Å². The third kappa shape index (κ3) is 3.75. The Balaban J connectivity index is 1.81. The summed E-state index contributed by atoms with van der Waals surface area (Å²) in [6, 6.07) is 8.04. The summed E-state index contributed by atoms with van der Waals surface area (Å²) < 4.78 is 26.9. The van der Waals surface area contributed by atoms with Gasteiger partial charge in [-0.1, -0.05) is 6.07 Å². The largest absolute Gasteiger partial charge is 0.392 e. The maximum absolute atomic E-state index is 12.8. The molecule has 1 aromatic carbocycles. The summed E-state index contributed by atoms with van der Waals surface area (Å²) in [6.45, 7) is 0.420. The normalized spacial score (nSPS) is 23.3. The van der Waals surface area contributed by atoms with Crippen molar-refractivity contribution in [1.29, 1.82) is 5.26 Å².